The smallest absolute Gasteiger partial charge is 0.166 e. The Labute approximate surface area is 170 Å². The van der Waals surface area contributed by atoms with Crippen LogP contribution in [0.2, 0.25) is 0 Å². The summed E-state index contributed by atoms with van der Waals surface area (Å²) in [6.07, 6.45) is 7.47. The van der Waals surface area contributed by atoms with E-state index in [2.05, 4.69) is 12.6 Å². The second-order valence-electron chi connectivity index (χ2n) is 6.76. The molecule has 148 valence electrons. The van der Waals surface area contributed by atoms with E-state index in [-0.39, 0.29) is 11.1 Å². The van der Waals surface area contributed by atoms with Gasteiger partial charge in [0.25, 0.3) is 0 Å². The lowest BCUT2D eigenvalue weighted by Crippen LogP contribution is -1.93. The van der Waals surface area contributed by atoms with Gasteiger partial charge in [-0.3, -0.25) is 0 Å². The SMILES string of the molecule is C=CCCc1ccc2cc(C(F)=C(F)c3ccc(OCC=CC)cc3)ccc2c1. The Kier molecular flexibility index (Phi) is 6.96. The van der Waals surface area contributed by atoms with Gasteiger partial charge in [-0.1, -0.05) is 48.6 Å². The molecule has 3 aromatic carbocycles. The molecule has 0 spiro atoms. The molecule has 0 fully saturated rings. The maximum atomic E-state index is 14.8. The summed E-state index contributed by atoms with van der Waals surface area (Å²) in [5, 5.41) is 1.88. The fourth-order valence-electron chi connectivity index (χ4n) is 3.05. The molecule has 3 heteroatoms. The summed E-state index contributed by atoms with van der Waals surface area (Å²) in [5.41, 5.74) is 1.60. The summed E-state index contributed by atoms with van der Waals surface area (Å²) in [7, 11) is 0. The van der Waals surface area contributed by atoms with E-state index in [1.54, 1.807) is 24.3 Å². The monoisotopic (exact) mass is 390 g/mol. The highest BCUT2D eigenvalue weighted by Crippen LogP contribution is 2.31. The first kappa shape index (κ1) is 20.5. The summed E-state index contributed by atoms with van der Waals surface area (Å²) in [6.45, 7) is 6.09. The van der Waals surface area contributed by atoms with Crippen LogP contribution >= 0.6 is 0 Å². The van der Waals surface area contributed by atoms with Crippen molar-refractivity contribution in [1.82, 2.24) is 0 Å². The maximum Gasteiger partial charge on any atom is 0.166 e. The molecule has 0 saturated heterocycles. The third-order valence-electron chi connectivity index (χ3n) is 4.68. The zero-order valence-corrected chi connectivity index (χ0v) is 16.5. The lowest BCUT2D eigenvalue weighted by atomic mass is 10.0. The molecule has 0 aliphatic heterocycles. The lowest BCUT2D eigenvalue weighted by Gasteiger charge is -2.07. The van der Waals surface area contributed by atoms with Crippen molar-refractivity contribution in [3.8, 4) is 5.75 Å². The molecular weight excluding hydrogens is 366 g/mol. The molecule has 0 N–H and O–H groups in total. The number of aryl methyl sites for hydroxylation is 1. The quantitative estimate of drug-likeness (QED) is 0.283. The second-order valence-corrected chi connectivity index (χ2v) is 6.76. The maximum absolute atomic E-state index is 14.8. The summed E-state index contributed by atoms with van der Waals surface area (Å²) in [5.74, 6) is -1.14. The number of ether oxygens (including phenoxy) is 1. The minimum atomic E-state index is -0.882. The Morgan fingerprint density at radius 3 is 2.28 bits per heavy atom. The van der Waals surface area contributed by atoms with Gasteiger partial charge in [0.15, 0.2) is 11.7 Å². The van der Waals surface area contributed by atoms with Crippen LogP contribution in [0.1, 0.15) is 30.0 Å². The number of allylic oxidation sites excluding steroid dienone is 2. The van der Waals surface area contributed by atoms with Crippen LogP contribution in [0.3, 0.4) is 0 Å². The second kappa shape index (κ2) is 9.83. The van der Waals surface area contributed by atoms with E-state index in [0.717, 1.165) is 23.6 Å². The van der Waals surface area contributed by atoms with Gasteiger partial charge in [0.05, 0.1) is 0 Å². The minimum absolute atomic E-state index is 0.181. The summed E-state index contributed by atoms with van der Waals surface area (Å²) >= 11 is 0. The number of halogens is 2. The van der Waals surface area contributed by atoms with E-state index in [0.29, 0.717) is 12.4 Å². The molecular formula is C26H24F2O. The first-order valence-electron chi connectivity index (χ1n) is 9.66. The van der Waals surface area contributed by atoms with Crippen molar-refractivity contribution < 1.29 is 13.5 Å². The molecule has 0 atom stereocenters. The normalized spacial score (nSPS) is 12.2. The van der Waals surface area contributed by atoms with E-state index < -0.39 is 11.7 Å². The fraction of sp³-hybridized carbons (Fsp3) is 0.154. The van der Waals surface area contributed by atoms with Gasteiger partial charge in [-0.15, -0.1) is 6.58 Å². The van der Waals surface area contributed by atoms with Crippen molar-refractivity contribution in [3.63, 3.8) is 0 Å². The molecule has 0 radical (unpaired) electrons. The van der Waals surface area contributed by atoms with Crippen LogP contribution in [0.4, 0.5) is 8.78 Å². The summed E-state index contributed by atoms with van der Waals surface area (Å²) in [6, 6.07) is 17.5. The van der Waals surface area contributed by atoms with Crippen molar-refractivity contribution >= 4 is 22.4 Å². The van der Waals surface area contributed by atoms with Crippen molar-refractivity contribution in [3.05, 3.63) is 102 Å². The molecule has 0 bridgehead atoms. The first-order chi connectivity index (χ1) is 14.1. The van der Waals surface area contributed by atoms with Crippen LogP contribution in [-0.4, -0.2) is 6.61 Å². The average molecular weight is 390 g/mol. The van der Waals surface area contributed by atoms with E-state index in [9.17, 15) is 8.78 Å². The predicted molar refractivity (Wildman–Crippen MR) is 118 cm³/mol. The number of hydrogen-bond donors (Lipinski definition) is 0. The predicted octanol–water partition coefficient (Wildman–Crippen LogP) is 7.68. The number of benzene rings is 3. The van der Waals surface area contributed by atoms with Gasteiger partial charge in [-0.2, -0.15) is 0 Å². The zero-order valence-electron chi connectivity index (χ0n) is 16.5. The van der Waals surface area contributed by atoms with Crippen LogP contribution in [0.15, 0.2) is 85.5 Å². The third kappa shape index (κ3) is 5.20. The van der Waals surface area contributed by atoms with E-state index in [4.69, 9.17) is 4.74 Å². The van der Waals surface area contributed by atoms with Crippen LogP contribution in [-0.2, 0) is 6.42 Å². The molecule has 0 heterocycles. The standard InChI is InChI=1S/C26H24F2O/c1-3-5-7-19-8-9-22-18-23(11-10-21(22)17-19)26(28)25(27)20-12-14-24(15-13-20)29-16-6-4-2/h3-4,6,8-15,17-18H,1,5,7,16H2,2H3. The lowest BCUT2D eigenvalue weighted by molar-refractivity contribution is 0.362. The van der Waals surface area contributed by atoms with Gasteiger partial charge in [0.2, 0.25) is 0 Å². The molecule has 0 aliphatic rings. The van der Waals surface area contributed by atoms with E-state index in [1.807, 2.05) is 43.4 Å². The van der Waals surface area contributed by atoms with Crippen LogP contribution < -0.4 is 4.74 Å². The highest BCUT2D eigenvalue weighted by atomic mass is 19.2. The Morgan fingerprint density at radius 2 is 1.55 bits per heavy atom. The Bertz CT molecular complexity index is 1050. The van der Waals surface area contributed by atoms with Gasteiger partial charge >= 0.3 is 0 Å². The summed E-state index contributed by atoms with van der Waals surface area (Å²) < 4.78 is 35.0. The molecule has 0 aliphatic carbocycles. The summed E-state index contributed by atoms with van der Waals surface area (Å²) in [4.78, 5) is 0. The van der Waals surface area contributed by atoms with Gasteiger partial charge < -0.3 is 4.74 Å². The molecule has 0 saturated carbocycles. The Hall–Kier alpha value is -3.20. The molecule has 3 aromatic rings. The van der Waals surface area contributed by atoms with Crippen molar-refractivity contribution in [1.29, 1.82) is 0 Å². The molecule has 0 amide bonds. The average Bonchev–Trinajstić information content (AvgIpc) is 2.77. The highest BCUT2D eigenvalue weighted by Gasteiger charge is 2.12. The van der Waals surface area contributed by atoms with Crippen molar-refractivity contribution in [2.75, 3.05) is 6.61 Å². The number of fused-ring (bicyclic) bond motifs is 1. The molecule has 0 unspecified atom stereocenters. The highest BCUT2D eigenvalue weighted by molar-refractivity contribution is 5.90. The number of hydrogen-bond acceptors (Lipinski definition) is 1. The van der Waals surface area contributed by atoms with Crippen LogP contribution in [0.5, 0.6) is 5.75 Å². The largest absolute Gasteiger partial charge is 0.490 e. The first-order valence-corrected chi connectivity index (χ1v) is 9.66. The fourth-order valence-corrected chi connectivity index (χ4v) is 3.05. The topological polar surface area (TPSA) is 9.23 Å². The molecule has 29 heavy (non-hydrogen) atoms. The third-order valence-corrected chi connectivity index (χ3v) is 4.68. The van der Waals surface area contributed by atoms with Crippen LogP contribution in [0, 0.1) is 0 Å². The zero-order chi connectivity index (χ0) is 20.6. The minimum Gasteiger partial charge on any atom is -0.490 e. The van der Waals surface area contributed by atoms with Gasteiger partial charge in [0, 0.05) is 11.1 Å². The molecule has 0 aromatic heterocycles. The Morgan fingerprint density at radius 1 is 0.897 bits per heavy atom. The van der Waals surface area contributed by atoms with Crippen molar-refractivity contribution in [2.45, 2.75) is 19.8 Å². The van der Waals surface area contributed by atoms with Crippen LogP contribution in [0.25, 0.3) is 22.4 Å². The molecule has 1 nitrogen and oxygen atoms in total. The number of rotatable bonds is 8. The van der Waals surface area contributed by atoms with E-state index >= 15 is 0 Å². The van der Waals surface area contributed by atoms with Gasteiger partial charge in [-0.25, -0.2) is 8.78 Å². The molecule has 3 rings (SSSR count). The van der Waals surface area contributed by atoms with E-state index in [1.165, 1.54) is 17.7 Å². The van der Waals surface area contributed by atoms with Crippen molar-refractivity contribution in [2.24, 2.45) is 0 Å². The van der Waals surface area contributed by atoms with Gasteiger partial charge in [0.1, 0.15) is 12.4 Å². The van der Waals surface area contributed by atoms with Gasteiger partial charge in [-0.05, 0) is 66.4 Å². The Balaban J connectivity index is 1.83.